The average molecular weight is 378 g/mol. The molecule has 1 unspecified atom stereocenters. The molecule has 0 bridgehead atoms. The molecule has 1 aliphatic heterocycles. The van der Waals surface area contributed by atoms with E-state index in [-0.39, 0.29) is 11.2 Å². The van der Waals surface area contributed by atoms with Crippen LogP contribution in [0.1, 0.15) is 11.1 Å². The summed E-state index contributed by atoms with van der Waals surface area (Å²) in [6.45, 7) is 0. The van der Waals surface area contributed by atoms with E-state index in [0.29, 0.717) is 21.6 Å². The van der Waals surface area contributed by atoms with Gasteiger partial charge in [0.2, 0.25) is 5.91 Å². The lowest BCUT2D eigenvalue weighted by molar-refractivity contribution is -0.118. The van der Waals surface area contributed by atoms with E-state index in [9.17, 15) is 4.79 Å². The van der Waals surface area contributed by atoms with Gasteiger partial charge in [0.05, 0.1) is 11.5 Å². The molecule has 1 atom stereocenters. The lowest BCUT2D eigenvalue weighted by atomic mass is 10.1. The van der Waals surface area contributed by atoms with E-state index < -0.39 is 0 Å². The van der Waals surface area contributed by atoms with Gasteiger partial charge in [-0.1, -0.05) is 65.3 Å². The molecule has 0 aliphatic carbocycles. The topological polar surface area (TPSA) is 53.8 Å². The van der Waals surface area contributed by atoms with E-state index in [1.165, 1.54) is 11.8 Å². The highest BCUT2D eigenvalue weighted by molar-refractivity contribution is 8.15. The van der Waals surface area contributed by atoms with Crippen LogP contribution >= 0.6 is 35.0 Å². The first-order valence-corrected chi connectivity index (χ1v) is 8.83. The summed E-state index contributed by atoms with van der Waals surface area (Å²) in [5.41, 5.74) is 1.82. The molecule has 1 aliphatic rings. The summed E-state index contributed by atoms with van der Waals surface area (Å²) in [5, 5.41) is 12.3. The van der Waals surface area contributed by atoms with Crippen molar-refractivity contribution in [2.75, 3.05) is 0 Å². The maximum absolute atomic E-state index is 12.0. The van der Waals surface area contributed by atoms with Crippen molar-refractivity contribution in [1.29, 1.82) is 0 Å². The number of thioether (sulfide) groups is 1. The van der Waals surface area contributed by atoms with Crippen LogP contribution in [0.5, 0.6) is 0 Å². The van der Waals surface area contributed by atoms with Crippen LogP contribution in [0.3, 0.4) is 0 Å². The fourth-order valence-corrected chi connectivity index (χ4v) is 3.42. The maximum atomic E-state index is 12.0. The van der Waals surface area contributed by atoms with Crippen LogP contribution in [-0.4, -0.2) is 22.5 Å². The number of carbonyl (C=O) groups excluding carboxylic acids is 1. The zero-order valence-electron chi connectivity index (χ0n) is 12.4. The van der Waals surface area contributed by atoms with Crippen molar-refractivity contribution in [3.63, 3.8) is 0 Å². The second-order valence-electron chi connectivity index (χ2n) is 5.10. The number of hydrogen-bond donors (Lipinski definition) is 1. The molecule has 1 fully saturated rings. The minimum absolute atomic E-state index is 0.0679. The number of rotatable bonds is 4. The van der Waals surface area contributed by atoms with Crippen LogP contribution in [0.25, 0.3) is 0 Å². The zero-order chi connectivity index (χ0) is 16.9. The van der Waals surface area contributed by atoms with Crippen molar-refractivity contribution in [2.45, 2.75) is 11.7 Å². The van der Waals surface area contributed by atoms with Crippen molar-refractivity contribution < 1.29 is 4.79 Å². The lowest BCUT2D eigenvalue weighted by Crippen LogP contribution is -2.25. The Morgan fingerprint density at radius 3 is 2.62 bits per heavy atom. The molecule has 0 spiro atoms. The van der Waals surface area contributed by atoms with Crippen molar-refractivity contribution >= 4 is 52.3 Å². The van der Waals surface area contributed by atoms with E-state index in [1.54, 1.807) is 12.3 Å². The summed E-state index contributed by atoms with van der Waals surface area (Å²) in [7, 11) is 0. The van der Waals surface area contributed by atoms with Crippen LogP contribution in [0.15, 0.2) is 58.7 Å². The van der Waals surface area contributed by atoms with Crippen molar-refractivity contribution in [3.05, 3.63) is 69.7 Å². The van der Waals surface area contributed by atoms with Gasteiger partial charge in [-0.2, -0.15) is 5.10 Å². The van der Waals surface area contributed by atoms with E-state index in [4.69, 9.17) is 23.2 Å². The van der Waals surface area contributed by atoms with E-state index in [1.807, 2.05) is 42.5 Å². The van der Waals surface area contributed by atoms with Crippen LogP contribution < -0.4 is 5.32 Å². The third kappa shape index (κ3) is 4.38. The third-order valence-electron chi connectivity index (χ3n) is 3.36. The number of carbonyl (C=O) groups is 1. The summed E-state index contributed by atoms with van der Waals surface area (Å²) in [5.74, 6) is -0.0679. The molecule has 1 amide bonds. The SMILES string of the molecule is O=C1N/C(=N\N=Cc2ccccc2Cl)SC1Cc1ccc(Cl)cc1. The molecule has 2 aromatic rings. The molecular weight excluding hydrogens is 365 g/mol. The Kier molecular flexibility index (Phi) is 5.56. The number of benzene rings is 2. The Morgan fingerprint density at radius 2 is 1.88 bits per heavy atom. The number of hydrogen-bond acceptors (Lipinski definition) is 4. The molecule has 3 rings (SSSR count). The van der Waals surface area contributed by atoms with E-state index >= 15 is 0 Å². The second-order valence-corrected chi connectivity index (χ2v) is 7.13. The van der Waals surface area contributed by atoms with Gasteiger partial charge in [-0.3, -0.25) is 4.79 Å². The molecule has 122 valence electrons. The molecule has 1 heterocycles. The number of amidine groups is 1. The van der Waals surface area contributed by atoms with E-state index in [2.05, 4.69) is 15.5 Å². The van der Waals surface area contributed by atoms with E-state index in [0.717, 1.165) is 11.1 Å². The number of halogens is 2. The summed E-state index contributed by atoms with van der Waals surface area (Å²) in [4.78, 5) is 12.0. The first kappa shape index (κ1) is 17.0. The Morgan fingerprint density at radius 1 is 1.12 bits per heavy atom. The monoisotopic (exact) mass is 377 g/mol. The minimum atomic E-state index is -0.222. The molecule has 0 radical (unpaired) electrons. The van der Waals surface area contributed by atoms with Gasteiger partial charge in [-0.15, -0.1) is 5.10 Å². The Bertz CT molecular complexity index is 806. The third-order valence-corrected chi connectivity index (χ3v) is 5.03. The predicted molar refractivity (Wildman–Crippen MR) is 101 cm³/mol. The molecule has 7 heteroatoms. The maximum Gasteiger partial charge on any atom is 0.239 e. The molecule has 4 nitrogen and oxygen atoms in total. The van der Waals surface area contributed by atoms with Gasteiger partial charge in [-0.25, -0.2) is 0 Å². The quantitative estimate of drug-likeness (QED) is 0.642. The first-order valence-electron chi connectivity index (χ1n) is 7.19. The molecule has 1 saturated heterocycles. The minimum Gasteiger partial charge on any atom is -0.303 e. The molecule has 1 N–H and O–H groups in total. The van der Waals surface area contributed by atoms with Gasteiger partial charge >= 0.3 is 0 Å². The summed E-state index contributed by atoms with van der Waals surface area (Å²) in [6, 6.07) is 14.8. The van der Waals surface area contributed by atoms with Crippen molar-refractivity contribution in [3.8, 4) is 0 Å². The molecule has 0 aromatic heterocycles. The lowest BCUT2D eigenvalue weighted by Gasteiger charge is -2.05. The molecular formula is C17H13Cl2N3OS. The fourth-order valence-electron chi connectivity index (χ4n) is 2.14. The second kappa shape index (κ2) is 7.83. The fraction of sp³-hybridized carbons (Fsp3) is 0.118. The van der Waals surface area contributed by atoms with Gasteiger partial charge in [0.25, 0.3) is 0 Å². The van der Waals surface area contributed by atoms with Gasteiger partial charge in [0.15, 0.2) is 5.17 Å². The van der Waals surface area contributed by atoms with Crippen LogP contribution in [-0.2, 0) is 11.2 Å². The Hall–Kier alpha value is -1.82. The zero-order valence-corrected chi connectivity index (χ0v) is 14.8. The largest absolute Gasteiger partial charge is 0.303 e. The van der Waals surface area contributed by atoms with Gasteiger partial charge in [0, 0.05) is 15.6 Å². The molecule has 2 aromatic carbocycles. The standard InChI is InChI=1S/C17H13Cl2N3OS/c18-13-7-5-11(6-8-13)9-15-16(23)21-17(24-15)22-20-10-12-3-1-2-4-14(12)19/h1-8,10,15H,9H2,(H,21,22,23). The van der Waals surface area contributed by atoms with Gasteiger partial charge in [-0.05, 0) is 30.2 Å². The summed E-state index contributed by atoms with van der Waals surface area (Å²) >= 11 is 13.3. The van der Waals surface area contributed by atoms with Crippen LogP contribution in [0.2, 0.25) is 10.0 Å². The van der Waals surface area contributed by atoms with Crippen molar-refractivity contribution in [2.24, 2.45) is 10.2 Å². The molecule has 24 heavy (non-hydrogen) atoms. The van der Waals surface area contributed by atoms with Crippen LogP contribution in [0.4, 0.5) is 0 Å². The van der Waals surface area contributed by atoms with Crippen molar-refractivity contribution in [1.82, 2.24) is 5.32 Å². The predicted octanol–water partition coefficient (Wildman–Crippen LogP) is 4.16. The highest BCUT2D eigenvalue weighted by Gasteiger charge is 2.30. The number of nitrogens with zero attached hydrogens (tertiary/aromatic N) is 2. The first-order chi connectivity index (χ1) is 11.6. The van der Waals surface area contributed by atoms with Gasteiger partial charge < -0.3 is 5.32 Å². The number of nitrogens with one attached hydrogen (secondary N) is 1. The normalized spacial score (nSPS) is 19.2. The van der Waals surface area contributed by atoms with Gasteiger partial charge in [0.1, 0.15) is 0 Å². The highest BCUT2D eigenvalue weighted by atomic mass is 35.5. The highest BCUT2D eigenvalue weighted by Crippen LogP contribution is 2.24. The Balaban J connectivity index is 1.63. The Labute approximate surface area is 154 Å². The summed E-state index contributed by atoms with van der Waals surface area (Å²) in [6.07, 6.45) is 2.18. The van der Waals surface area contributed by atoms with Crippen LogP contribution in [0, 0.1) is 0 Å². The number of amides is 1. The average Bonchev–Trinajstić information content (AvgIpc) is 2.91. The smallest absolute Gasteiger partial charge is 0.239 e. The molecule has 0 saturated carbocycles. The summed E-state index contributed by atoms with van der Waals surface area (Å²) < 4.78 is 0.